The van der Waals surface area contributed by atoms with Gasteiger partial charge in [-0.3, -0.25) is 9.80 Å². The zero-order valence-electron chi connectivity index (χ0n) is 10.2. The van der Waals surface area contributed by atoms with Crippen molar-refractivity contribution >= 4 is 0 Å². The van der Waals surface area contributed by atoms with E-state index in [-0.39, 0.29) is 5.54 Å². The van der Waals surface area contributed by atoms with Gasteiger partial charge in [-0.2, -0.15) is 0 Å². The summed E-state index contributed by atoms with van der Waals surface area (Å²) in [5, 5.41) is 0. The molecule has 1 unspecified atom stereocenters. The minimum Gasteiger partial charge on any atom is -0.329 e. The molecule has 2 saturated heterocycles. The number of hydrogen-bond donors (Lipinski definition) is 1. The summed E-state index contributed by atoms with van der Waals surface area (Å²) in [7, 11) is 0. The van der Waals surface area contributed by atoms with Crippen LogP contribution in [0.1, 0.15) is 33.1 Å². The number of likely N-dealkylation sites (tertiary alicyclic amines) is 2. The molecule has 2 rings (SSSR count). The van der Waals surface area contributed by atoms with Crippen molar-refractivity contribution in [2.45, 2.75) is 44.7 Å². The standard InChI is InChI=1S/C12H25N3/c1-12(2,10-13)15-8-5-11(9-15)14-6-3-4-7-14/h11H,3-10,13H2,1-2H3. The van der Waals surface area contributed by atoms with Crippen LogP contribution in [0.2, 0.25) is 0 Å². The first-order chi connectivity index (χ1) is 7.13. The van der Waals surface area contributed by atoms with Gasteiger partial charge in [0.15, 0.2) is 0 Å². The van der Waals surface area contributed by atoms with Gasteiger partial charge in [-0.05, 0) is 46.2 Å². The van der Waals surface area contributed by atoms with Crippen LogP contribution in [0.3, 0.4) is 0 Å². The predicted octanol–water partition coefficient (Wildman–Crippen LogP) is 0.894. The quantitative estimate of drug-likeness (QED) is 0.752. The van der Waals surface area contributed by atoms with Crippen molar-refractivity contribution in [3.8, 4) is 0 Å². The van der Waals surface area contributed by atoms with Gasteiger partial charge in [0.2, 0.25) is 0 Å². The highest BCUT2D eigenvalue weighted by molar-refractivity contribution is 4.93. The zero-order valence-corrected chi connectivity index (χ0v) is 10.2. The van der Waals surface area contributed by atoms with Crippen LogP contribution in [0.15, 0.2) is 0 Å². The molecule has 0 saturated carbocycles. The Labute approximate surface area is 93.6 Å². The maximum Gasteiger partial charge on any atom is 0.0276 e. The van der Waals surface area contributed by atoms with Gasteiger partial charge in [0.1, 0.15) is 0 Å². The van der Waals surface area contributed by atoms with Gasteiger partial charge < -0.3 is 5.73 Å². The molecule has 0 aromatic rings. The Morgan fingerprint density at radius 1 is 1.20 bits per heavy atom. The number of nitrogens with two attached hydrogens (primary N) is 1. The third-order valence-corrected chi connectivity index (χ3v) is 4.18. The van der Waals surface area contributed by atoms with Crippen LogP contribution < -0.4 is 5.73 Å². The van der Waals surface area contributed by atoms with Crippen molar-refractivity contribution in [1.82, 2.24) is 9.80 Å². The van der Waals surface area contributed by atoms with Crippen molar-refractivity contribution in [2.24, 2.45) is 5.73 Å². The summed E-state index contributed by atoms with van der Waals surface area (Å²) in [6, 6.07) is 0.804. The second-order valence-corrected chi connectivity index (χ2v) is 5.65. The molecular weight excluding hydrogens is 186 g/mol. The predicted molar refractivity (Wildman–Crippen MR) is 63.9 cm³/mol. The van der Waals surface area contributed by atoms with Gasteiger partial charge in [-0.25, -0.2) is 0 Å². The molecule has 0 aromatic heterocycles. The number of rotatable bonds is 3. The van der Waals surface area contributed by atoms with Crippen LogP contribution in [-0.4, -0.2) is 54.1 Å². The van der Waals surface area contributed by atoms with E-state index in [0.717, 1.165) is 12.6 Å². The van der Waals surface area contributed by atoms with E-state index in [0.29, 0.717) is 0 Å². The molecular formula is C12H25N3. The molecule has 0 aliphatic carbocycles. The Kier molecular flexibility index (Phi) is 3.33. The lowest BCUT2D eigenvalue weighted by Gasteiger charge is -2.35. The monoisotopic (exact) mass is 211 g/mol. The SMILES string of the molecule is CC(C)(CN)N1CCC(N2CCCC2)C1. The normalized spacial score (nSPS) is 30.2. The molecule has 2 N–H and O–H groups in total. The molecule has 2 heterocycles. The Hall–Kier alpha value is -0.120. The average Bonchev–Trinajstić information content (AvgIpc) is 2.88. The van der Waals surface area contributed by atoms with Crippen molar-refractivity contribution in [3.63, 3.8) is 0 Å². The Bertz CT molecular complexity index is 209. The molecule has 2 aliphatic rings. The largest absolute Gasteiger partial charge is 0.329 e. The van der Waals surface area contributed by atoms with Crippen LogP contribution in [0.25, 0.3) is 0 Å². The van der Waals surface area contributed by atoms with Crippen molar-refractivity contribution in [3.05, 3.63) is 0 Å². The van der Waals surface area contributed by atoms with Gasteiger partial charge in [-0.1, -0.05) is 0 Å². The average molecular weight is 211 g/mol. The van der Waals surface area contributed by atoms with E-state index in [2.05, 4.69) is 23.6 Å². The minimum absolute atomic E-state index is 0.189. The molecule has 1 atom stereocenters. The second-order valence-electron chi connectivity index (χ2n) is 5.65. The fraction of sp³-hybridized carbons (Fsp3) is 1.00. The van der Waals surface area contributed by atoms with Gasteiger partial charge >= 0.3 is 0 Å². The fourth-order valence-electron chi connectivity index (χ4n) is 2.83. The van der Waals surface area contributed by atoms with Crippen molar-refractivity contribution in [2.75, 3.05) is 32.7 Å². The van der Waals surface area contributed by atoms with Gasteiger partial charge in [0.25, 0.3) is 0 Å². The molecule has 88 valence electrons. The Morgan fingerprint density at radius 3 is 2.47 bits per heavy atom. The molecule has 0 amide bonds. The van der Waals surface area contributed by atoms with Crippen LogP contribution in [-0.2, 0) is 0 Å². The molecule has 0 spiro atoms. The third kappa shape index (κ3) is 2.35. The van der Waals surface area contributed by atoms with Crippen LogP contribution in [0.5, 0.6) is 0 Å². The highest BCUT2D eigenvalue weighted by atomic mass is 15.3. The topological polar surface area (TPSA) is 32.5 Å². The lowest BCUT2D eigenvalue weighted by molar-refractivity contribution is 0.143. The molecule has 2 aliphatic heterocycles. The second kappa shape index (κ2) is 4.40. The van der Waals surface area contributed by atoms with Crippen molar-refractivity contribution in [1.29, 1.82) is 0 Å². The Morgan fingerprint density at radius 2 is 1.87 bits per heavy atom. The van der Waals surface area contributed by atoms with E-state index >= 15 is 0 Å². The molecule has 0 radical (unpaired) electrons. The zero-order chi connectivity index (χ0) is 10.9. The summed E-state index contributed by atoms with van der Waals surface area (Å²) in [5.41, 5.74) is 6.02. The summed E-state index contributed by atoms with van der Waals surface area (Å²) in [6.07, 6.45) is 4.14. The minimum atomic E-state index is 0.189. The summed E-state index contributed by atoms with van der Waals surface area (Å²) >= 11 is 0. The van der Waals surface area contributed by atoms with Gasteiger partial charge in [-0.15, -0.1) is 0 Å². The van der Waals surface area contributed by atoms with E-state index < -0.39 is 0 Å². The van der Waals surface area contributed by atoms with E-state index in [4.69, 9.17) is 5.73 Å². The van der Waals surface area contributed by atoms with E-state index in [9.17, 15) is 0 Å². The lowest BCUT2D eigenvalue weighted by atomic mass is 10.0. The first-order valence-corrected chi connectivity index (χ1v) is 6.33. The summed E-state index contributed by atoms with van der Waals surface area (Å²) in [4.78, 5) is 5.24. The first kappa shape index (κ1) is 11.4. The highest BCUT2D eigenvalue weighted by Gasteiger charge is 2.35. The van der Waals surface area contributed by atoms with Crippen LogP contribution in [0.4, 0.5) is 0 Å². The van der Waals surface area contributed by atoms with Gasteiger partial charge in [0.05, 0.1) is 0 Å². The third-order valence-electron chi connectivity index (χ3n) is 4.18. The van der Waals surface area contributed by atoms with Crippen LogP contribution >= 0.6 is 0 Å². The molecule has 0 bridgehead atoms. The summed E-state index contributed by atoms with van der Waals surface area (Å²) < 4.78 is 0. The first-order valence-electron chi connectivity index (χ1n) is 6.33. The van der Waals surface area contributed by atoms with Gasteiger partial charge in [0, 0.05) is 31.2 Å². The van der Waals surface area contributed by atoms with E-state index in [1.807, 2.05) is 0 Å². The molecule has 3 nitrogen and oxygen atoms in total. The fourth-order valence-corrected chi connectivity index (χ4v) is 2.83. The van der Waals surface area contributed by atoms with Crippen LogP contribution in [0, 0.1) is 0 Å². The molecule has 0 aromatic carbocycles. The van der Waals surface area contributed by atoms with Crippen molar-refractivity contribution < 1.29 is 0 Å². The maximum atomic E-state index is 5.83. The van der Waals surface area contributed by atoms with E-state index in [1.165, 1.54) is 45.4 Å². The smallest absolute Gasteiger partial charge is 0.0276 e. The number of nitrogens with zero attached hydrogens (tertiary/aromatic N) is 2. The maximum absolute atomic E-state index is 5.83. The summed E-state index contributed by atoms with van der Waals surface area (Å²) in [5.74, 6) is 0. The molecule has 3 heteroatoms. The molecule has 15 heavy (non-hydrogen) atoms. The Balaban J connectivity index is 1.88. The number of hydrogen-bond acceptors (Lipinski definition) is 3. The summed E-state index contributed by atoms with van der Waals surface area (Å²) in [6.45, 7) is 10.4. The molecule has 2 fully saturated rings. The lowest BCUT2D eigenvalue weighted by Crippen LogP contribution is -2.49. The highest BCUT2D eigenvalue weighted by Crippen LogP contribution is 2.25. The van der Waals surface area contributed by atoms with E-state index in [1.54, 1.807) is 0 Å².